The third-order valence-electron chi connectivity index (χ3n) is 2.48. The van der Waals surface area contributed by atoms with Crippen molar-refractivity contribution in [3.05, 3.63) is 64.7 Å². The number of nitrogens with zero attached hydrogens (tertiary/aromatic N) is 1. The monoisotopic (exact) mass is 251 g/mol. The van der Waals surface area contributed by atoms with Crippen molar-refractivity contribution in [2.75, 3.05) is 0 Å². The molecular weight excluding hydrogens is 241 g/mol. The third kappa shape index (κ3) is 2.61. The fourth-order valence-electron chi connectivity index (χ4n) is 1.64. The molecule has 0 saturated heterocycles. The van der Waals surface area contributed by atoms with E-state index in [0.717, 1.165) is 11.1 Å². The molecule has 2 aromatic rings. The number of rotatable bonds is 3. The molecule has 17 heavy (non-hydrogen) atoms. The highest BCUT2D eigenvalue weighted by Crippen LogP contribution is 2.26. The Morgan fingerprint density at radius 3 is 2.53 bits per heavy atom. The summed E-state index contributed by atoms with van der Waals surface area (Å²) in [6, 6.07) is 7.58. The smallest absolute Gasteiger partial charge is 0.123 e. The van der Waals surface area contributed by atoms with E-state index in [1.807, 2.05) is 0 Å². The molecule has 0 fully saturated rings. The highest BCUT2D eigenvalue weighted by atomic mass is 35.5. The van der Waals surface area contributed by atoms with E-state index in [2.05, 4.69) is 10.4 Å². The van der Waals surface area contributed by atoms with Crippen LogP contribution in [-0.2, 0) is 0 Å². The van der Waals surface area contributed by atoms with E-state index < -0.39 is 0 Å². The molecule has 1 unspecified atom stereocenters. The van der Waals surface area contributed by atoms with Gasteiger partial charge < -0.3 is 0 Å². The Labute approximate surface area is 103 Å². The number of hydrazine groups is 1. The quantitative estimate of drug-likeness (QED) is 0.651. The molecule has 88 valence electrons. The van der Waals surface area contributed by atoms with Crippen molar-refractivity contribution in [2.45, 2.75) is 6.04 Å². The van der Waals surface area contributed by atoms with E-state index in [1.165, 1.54) is 12.1 Å². The van der Waals surface area contributed by atoms with Gasteiger partial charge >= 0.3 is 0 Å². The summed E-state index contributed by atoms with van der Waals surface area (Å²) in [4.78, 5) is 3.91. The van der Waals surface area contributed by atoms with Crippen LogP contribution in [0.5, 0.6) is 0 Å². The molecule has 0 amide bonds. The summed E-state index contributed by atoms with van der Waals surface area (Å²) in [6.07, 6.45) is 3.18. The van der Waals surface area contributed by atoms with Gasteiger partial charge in [0.2, 0.25) is 0 Å². The molecule has 0 bridgehead atoms. The SMILES string of the molecule is NNC(c1ccc(F)cc1)c1ccncc1Cl. The maximum Gasteiger partial charge on any atom is 0.123 e. The van der Waals surface area contributed by atoms with Crippen molar-refractivity contribution in [1.82, 2.24) is 10.4 Å². The van der Waals surface area contributed by atoms with Gasteiger partial charge in [-0.15, -0.1) is 0 Å². The average molecular weight is 252 g/mol. The van der Waals surface area contributed by atoms with E-state index in [1.54, 1.807) is 30.6 Å². The fraction of sp³-hybridized carbons (Fsp3) is 0.0833. The van der Waals surface area contributed by atoms with Gasteiger partial charge in [-0.05, 0) is 29.3 Å². The minimum Gasteiger partial charge on any atom is -0.271 e. The second-order valence-corrected chi connectivity index (χ2v) is 3.96. The van der Waals surface area contributed by atoms with E-state index >= 15 is 0 Å². The van der Waals surface area contributed by atoms with Crippen LogP contribution in [0.1, 0.15) is 17.2 Å². The number of aromatic nitrogens is 1. The summed E-state index contributed by atoms with van der Waals surface area (Å²) in [5, 5.41) is 0.514. The first kappa shape index (κ1) is 12.0. The lowest BCUT2D eigenvalue weighted by Crippen LogP contribution is -2.29. The number of hydrogen-bond donors (Lipinski definition) is 2. The standard InChI is InChI=1S/C12H11ClFN3/c13-11-7-16-6-5-10(11)12(17-15)8-1-3-9(14)4-2-8/h1-7,12,17H,15H2. The Kier molecular flexibility index (Phi) is 3.68. The molecule has 5 heteroatoms. The van der Waals surface area contributed by atoms with Crippen LogP contribution >= 0.6 is 11.6 Å². The molecule has 0 saturated carbocycles. The van der Waals surface area contributed by atoms with E-state index in [4.69, 9.17) is 17.4 Å². The fourth-order valence-corrected chi connectivity index (χ4v) is 1.87. The number of benzene rings is 1. The molecule has 3 N–H and O–H groups in total. The second kappa shape index (κ2) is 5.23. The molecule has 0 radical (unpaired) electrons. The molecule has 3 nitrogen and oxygen atoms in total. The minimum absolute atomic E-state index is 0.286. The maximum atomic E-state index is 12.8. The molecule has 1 atom stereocenters. The van der Waals surface area contributed by atoms with Crippen LogP contribution in [0.4, 0.5) is 4.39 Å². The highest BCUT2D eigenvalue weighted by Gasteiger charge is 2.15. The molecule has 1 heterocycles. The molecular formula is C12H11ClFN3. The summed E-state index contributed by atoms with van der Waals surface area (Å²) in [5.74, 6) is 5.23. The van der Waals surface area contributed by atoms with Gasteiger partial charge in [0.15, 0.2) is 0 Å². The van der Waals surface area contributed by atoms with Crippen molar-refractivity contribution in [3.63, 3.8) is 0 Å². The predicted molar refractivity (Wildman–Crippen MR) is 64.8 cm³/mol. The van der Waals surface area contributed by atoms with E-state index in [-0.39, 0.29) is 11.9 Å². The van der Waals surface area contributed by atoms with E-state index in [9.17, 15) is 4.39 Å². The van der Waals surface area contributed by atoms with Crippen LogP contribution in [0.15, 0.2) is 42.7 Å². The second-order valence-electron chi connectivity index (χ2n) is 3.55. The molecule has 0 spiro atoms. The summed E-state index contributed by atoms with van der Waals surface area (Å²) < 4.78 is 12.8. The Hall–Kier alpha value is -1.49. The topological polar surface area (TPSA) is 50.9 Å². The minimum atomic E-state index is -0.287. The first-order chi connectivity index (χ1) is 8.22. The van der Waals surface area contributed by atoms with Crippen molar-refractivity contribution in [2.24, 2.45) is 5.84 Å². The first-order valence-electron chi connectivity index (χ1n) is 5.03. The Balaban J connectivity index is 2.40. The summed E-state index contributed by atoms with van der Waals surface area (Å²) >= 11 is 6.05. The zero-order valence-electron chi connectivity index (χ0n) is 8.90. The van der Waals surface area contributed by atoms with Crippen LogP contribution in [0.2, 0.25) is 5.02 Å². The van der Waals surface area contributed by atoms with Gasteiger partial charge in [-0.25, -0.2) is 9.82 Å². The lowest BCUT2D eigenvalue weighted by atomic mass is 10.0. The van der Waals surface area contributed by atoms with Crippen molar-refractivity contribution >= 4 is 11.6 Å². The van der Waals surface area contributed by atoms with Crippen molar-refractivity contribution < 1.29 is 4.39 Å². The maximum absolute atomic E-state index is 12.8. The number of nitrogens with one attached hydrogen (secondary N) is 1. The van der Waals surface area contributed by atoms with Gasteiger partial charge in [0.05, 0.1) is 11.1 Å². The highest BCUT2D eigenvalue weighted by molar-refractivity contribution is 6.31. The van der Waals surface area contributed by atoms with E-state index in [0.29, 0.717) is 5.02 Å². The lowest BCUT2D eigenvalue weighted by Gasteiger charge is -2.17. The number of hydrogen-bond acceptors (Lipinski definition) is 3. The van der Waals surface area contributed by atoms with Gasteiger partial charge in [-0.1, -0.05) is 23.7 Å². The number of nitrogens with two attached hydrogens (primary N) is 1. The van der Waals surface area contributed by atoms with Crippen LogP contribution in [-0.4, -0.2) is 4.98 Å². The zero-order valence-corrected chi connectivity index (χ0v) is 9.66. The lowest BCUT2D eigenvalue weighted by molar-refractivity contribution is 0.615. The van der Waals surface area contributed by atoms with Gasteiger partial charge in [0, 0.05) is 12.4 Å². The number of pyridine rings is 1. The molecule has 1 aromatic heterocycles. The zero-order chi connectivity index (χ0) is 12.3. The molecule has 0 aliphatic rings. The molecule has 1 aromatic carbocycles. The largest absolute Gasteiger partial charge is 0.271 e. The summed E-state index contributed by atoms with van der Waals surface area (Å²) in [5.41, 5.74) is 4.30. The molecule has 0 aliphatic heterocycles. The Bertz CT molecular complexity index is 501. The van der Waals surface area contributed by atoms with Crippen molar-refractivity contribution in [3.8, 4) is 0 Å². The van der Waals surface area contributed by atoms with Crippen LogP contribution < -0.4 is 11.3 Å². The average Bonchev–Trinajstić information content (AvgIpc) is 2.35. The summed E-state index contributed by atoms with van der Waals surface area (Å²) in [7, 11) is 0. The number of halogens is 2. The van der Waals surface area contributed by atoms with Gasteiger partial charge in [-0.3, -0.25) is 10.8 Å². The van der Waals surface area contributed by atoms with Crippen LogP contribution in [0.25, 0.3) is 0 Å². The first-order valence-corrected chi connectivity index (χ1v) is 5.41. The molecule has 2 rings (SSSR count). The van der Waals surface area contributed by atoms with Crippen LogP contribution in [0, 0.1) is 5.82 Å². The van der Waals surface area contributed by atoms with Crippen LogP contribution in [0.3, 0.4) is 0 Å². The normalized spacial score (nSPS) is 12.4. The molecule has 0 aliphatic carbocycles. The Morgan fingerprint density at radius 2 is 1.94 bits per heavy atom. The Morgan fingerprint density at radius 1 is 1.24 bits per heavy atom. The van der Waals surface area contributed by atoms with Gasteiger partial charge in [-0.2, -0.15) is 0 Å². The van der Waals surface area contributed by atoms with Gasteiger partial charge in [0.25, 0.3) is 0 Å². The van der Waals surface area contributed by atoms with Gasteiger partial charge in [0.1, 0.15) is 5.82 Å². The summed E-state index contributed by atoms with van der Waals surface area (Å²) in [6.45, 7) is 0. The third-order valence-corrected chi connectivity index (χ3v) is 2.80. The predicted octanol–water partition coefficient (Wildman–Crippen LogP) is 2.43. The van der Waals surface area contributed by atoms with Crippen molar-refractivity contribution in [1.29, 1.82) is 0 Å².